The van der Waals surface area contributed by atoms with Crippen LogP contribution in [0.15, 0.2) is 64.9 Å². The lowest BCUT2D eigenvalue weighted by Crippen LogP contribution is -2.09. The molecule has 6 heteroatoms. The minimum Gasteiger partial charge on any atom is -0.279 e. The molecule has 0 spiro atoms. The smallest absolute Gasteiger partial charge is 0.255 e. The van der Waals surface area contributed by atoms with Crippen LogP contribution in [0.4, 0.5) is 5.69 Å². The first-order valence-electron chi connectivity index (χ1n) is 6.95. The molecule has 0 saturated carbocycles. The molecule has 0 aliphatic rings. The highest BCUT2D eigenvalue weighted by atomic mass is 32.2. The van der Waals surface area contributed by atoms with Crippen molar-refractivity contribution in [1.29, 1.82) is 5.26 Å². The van der Waals surface area contributed by atoms with Crippen LogP contribution in [0.25, 0.3) is 6.08 Å². The van der Waals surface area contributed by atoms with E-state index in [0.29, 0.717) is 17.9 Å². The molecule has 0 fully saturated rings. The van der Waals surface area contributed by atoms with Gasteiger partial charge in [0.15, 0.2) is 0 Å². The molecule has 0 atom stereocenters. The molecule has 0 radical (unpaired) electrons. The molecular weight excluding hydrogens is 328 g/mol. The van der Waals surface area contributed by atoms with Crippen LogP contribution >= 0.6 is 11.8 Å². The SMILES string of the molecule is N#CCCSc1ccccc1NS(=O)(=O)/C=C\c1ccccc1. The quantitative estimate of drug-likeness (QED) is 0.606. The molecule has 118 valence electrons. The summed E-state index contributed by atoms with van der Waals surface area (Å²) in [5.41, 5.74) is 1.34. The van der Waals surface area contributed by atoms with Crippen LogP contribution in [0, 0.1) is 11.3 Å². The van der Waals surface area contributed by atoms with Gasteiger partial charge in [-0.15, -0.1) is 11.8 Å². The van der Waals surface area contributed by atoms with Gasteiger partial charge in [-0.1, -0.05) is 42.5 Å². The van der Waals surface area contributed by atoms with E-state index in [4.69, 9.17) is 5.26 Å². The molecule has 0 aliphatic carbocycles. The molecule has 0 aromatic heterocycles. The number of sulfonamides is 1. The first-order chi connectivity index (χ1) is 11.1. The zero-order valence-corrected chi connectivity index (χ0v) is 14.0. The van der Waals surface area contributed by atoms with Crippen molar-refractivity contribution in [3.63, 3.8) is 0 Å². The standard InChI is InChI=1S/C17H16N2O2S2/c18-12-6-13-22-17-10-5-4-9-16(17)19-23(20,21)14-11-15-7-2-1-3-8-15/h1-5,7-11,14,19H,6,13H2/b14-11-. The molecule has 4 nitrogen and oxygen atoms in total. The highest BCUT2D eigenvalue weighted by molar-refractivity contribution is 7.99. The van der Waals surface area contributed by atoms with Gasteiger partial charge in [0, 0.05) is 17.1 Å². The normalized spacial score (nSPS) is 11.3. The van der Waals surface area contributed by atoms with Crippen LogP contribution in [-0.4, -0.2) is 14.2 Å². The van der Waals surface area contributed by atoms with Gasteiger partial charge in [-0.2, -0.15) is 5.26 Å². The second-order valence-corrected chi connectivity index (χ2v) is 7.32. The topological polar surface area (TPSA) is 70.0 Å². The Bertz CT molecular complexity index is 810. The van der Waals surface area contributed by atoms with Crippen molar-refractivity contribution in [2.24, 2.45) is 0 Å². The Morgan fingerprint density at radius 3 is 2.52 bits per heavy atom. The van der Waals surface area contributed by atoms with E-state index in [1.54, 1.807) is 18.2 Å². The average molecular weight is 344 g/mol. The van der Waals surface area contributed by atoms with E-state index >= 15 is 0 Å². The predicted octanol–water partition coefficient (Wildman–Crippen LogP) is 4.10. The molecule has 0 amide bonds. The van der Waals surface area contributed by atoms with Crippen molar-refractivity contribution in [3.05, 3.63) is 65.6 Å². The van der Waals surface area contributed by atoms with Crippen molar-refractivity contribution in [2.75, 3.05) is 10.5 Å². The summed E-state index contributed by atoms with van der Waals surface area (Å²) in [5.74, 6) is 0.620. The lowest BCUT2D eigenvalue weighted by molar-refractivity contribution is 0.609. The number of nitriles is 1. The van der Waals surface area contributed by atoms with Crippen molar-refractivity contribution < 1.29 is 8.42 Å². The number of nitrogens with one attached hydrogen (secondary N) is 1. The maximum atomic E-state index is 12.2. The van der Waals surface area contributed by atoms with Crippen molar-refractivity contribution >= 4 is 33.5 Å². The minimum absolute atomic E-state index is 0.416. The number of para-hydroxylation sites is 1. The average Bonchev–Trinajstić information content (AvgIpc) is 2.56. The van der Waals surface area contributed by atoms with Crippen LogP contribution in [0.1, 0.15) is 12.0 Å². The molecule has 2 rings (SSSR count). The van der Waals surface area contributed by atoms with Crippen LogP contribution < -0.4 is 4.72 Å². The second-order valence-electron chi connectivity index (χ2n) is 4.61. The molecule has 2 aromatic carbocycles. The summed E-state index contributed by atoms with van der Waals surface area (Å²) >= 11 is 1.45. The van der Waals surface area contributed by atoms with E-state index in [0.717, 1.165) is 15.9 Å². The summed E-state index contributed by atoms with van der Waals surface area (Å²) in [6.45, 7) is 0. The first kappa shape index (κ1) is 17.1. The summed E-state index contributed by atoms with van der Waals surface area (Å²) in [6.07, 6.45) is 1.97. The van der Waals surface area contributed by atoms with E-state index in [2.05, 4.69) is 10.8 Å². The van der Waals surface area contributed by atoms with Crippen molar-refractivity contribution in [3.8, 4) is 6.07 Å². The highest BCUT2D eigenvalue weighted by Gasteiger charge is 2.09. The molecule has 0 unspecified atom stereocenters. The van der Waals surface area contributed by atoms with Crippen LogP contribution in [0.5, 0.6) is 0 Å². The summed E-state index contributed by atoms with van der Waals surface area (Å²) in [5, 5.41) is 9.75. The molecule has 0 bridgehead atoms. The number of rotatable bonds is 7. The Morgan fingerprint density at radius 2 is 1.78 bits per heavy atom. The molecule has 2 aromatic rings. The Balaban J connectivity index is 2.11. The summed E-state index contributed by atoms with van der Waals surface area (Å²) in [6, 6.07) is 18.5. The number of thioether (sulfide) groups is 1. The van der Waals surface area contributed by atoms with E-state index in [1.165, 1.54) is 11.8 Å². The van der Waals surface area contributed by atoms with E-state index in [-0.39, 0.29) is 0 Å². The fraction of sp³-hybridized carbons (Fsp3) is 0.118. The Hall–Kier alpha value is -2.23. The Kier molecular flexibility index (Phi) is 6.27. The summed E-state index contributed by atoms with van der Waals surface area (Å²) in [7, 11) is -3.59. The molecule has 1 N–H and O–H groups in total. The van der Waals surface area contributed by atoms with Gasteiger partial charge in [0.05, 0.1) is 17.2 Å². The van der Waals surface area contributed by atoms with Crippen LogP contribution in [0.3, 0.4) is 0 Å². The van der Waals surface area contributed by atoms with Crippen LogP contribution in [-0.2, 0) is 10.0 Å². The number of anilines is 1. The Morgan fingerprint density at radius 1 is 1.09 bits per heavy atom. The van der Waals surface area contributed by atoms with Gasteiger partial charge in [-0.05, 0) is 23.8 Å². The third-order valence-corrected chi connectivity index (χ3v) is 4.92. The van der Waals surface area contributed by atoms with E-state index in [9.17, 15) is 8.42 Å². The van der Waals surface area contributed by atoms with E-state index in [1.807, 2.05) is 42.5 Å². The molecule has 0 saturated heterocycles. The van der Waals surface area contributed by atoms with Gasteiger partial charge in [0.1, 0.15) is 0 Å². The minimum atomic E-state index is -3.59. The maximum Gasteiger partial charge on any atom is 0.255 e. The van der Waals surface area contributed by atoms with Crippen molar-refractivity contribution in [1.82, 2.24) is 0 Å². The summed E-state index contributed by atoms with van der Waals surface area (Å²) < 4.78 is 27.0. The van der Waals surface area contributed by atoms with Crippen molar-refractivity contribution in [2.45, 2.75) is 11.3 Å². The monoisotopic (exact) mass is 344 g/mol. The fourth-order valence-electron chi connectivity index (χ4n) is 1.80. The predicted molar refractivity (Wildman–Crippen MR) is 95.4 cm³/mol. The third-order valence-electron chi connectivity index (χ3n) is 2.85. The van der Waals surface area contributed by atoms with Gasteiger partial charge in [0.25, 0.3) is 10.0 Å². The number of nitrogens with zero attached hydrogens (tertiary/aromatic N) is 1. The van der Waals surface area contributed by atoms with Gasteiger partial charge in [0.2, 0.25) is 0 Å². The van der Waals surface area contributed by atoms with Gasteiger partial charge >= 0.3 is 0 Å². The zero-order chi connectivity index (χ0) is 16.5. The lowest BCUT2D eigenvalue weighted by Gasteiger charge is -2.09. The second kappa shape index (κ2) is 8.42. The zero-order valence-electron chi connectivity index (χ0n) is 12.3. The lowest BCUT2D eigenvalue weighted by atomic mass is 10.2. The Labute approximate surface area is 140 Å². The molecular formula is C17H16N2O2S2. The number of hydrogen-bond donors (Lipinski definition) is 1. The van der Waals surface area contributed by atoms with Gasteiger partial charge < -0.3 is 0 Å². The maximum absolute atomic E-state index is 12.2. The summed E-state index contributed by atoms with van der Waals surface area (Å²) in [4.78, 5) is 0.805. The van der Waals surface area contributed by atoms with E-state index < -0.39 is 10.0 Å². The fourth-order valence-corrected chi connectivity index (χ4v) is 3.62. The van der Waals surface area contributed by atoms with Gasteiger partial charge in [-0.25, -0.2) is 8.42 Å². The van der Waals surface area contributed by atoms with Crippen LogP contribution in [0.2, 0.25) is 0 Å². The largest absolute Gasteiger partial charge is 0.279 e. The van der Waals surface area contributed by atoms with Gasteiger partial charge in [-0.3, -0.25) is 4.72 Å². The first-order valence-corrected chi connectivity index (χ1v) is 9.49. The third kappa shape index (κ3) is 5.81. The molecule has 0 aliphatic heterocycles. The number of hydrogen-bond acceptors (Lipinski definition) is 4. The molecule has 0 heterocycles. The number of benzene rings is 2. The molecule has 23 heavy (non-hydrogen) atoms. The highest BCUT2D eigenvalue weighted by Crippen LogP contribution is 2.28.